The molecular formula is C21H24F3N5O2. The fourth-order valence-corrected chi connectivity index (χ4v) is 4.49. The number of rotatable bonds is 4. The van der Waals surface area contributed by atoms with Gasteiger partial charge in [-0.05, 0) is 37.6 Å². The molecule has 0 radical (unpaired) electrons. The van der Waals surface area contributed by atoms with E-state index in [1.54, 1.807) is 0 Å². The number of fused-ring (bicyclic) bond motifs is 1. The number of nitrogens with one attached hydrogen (secondary N) is 2. The third-order valence-corrected chi connectivity index (χ3v) is 6.33. The molecule has 2 fully saturated rings. The lowest BCUT2D eigenvalue weighted by Crippen LogP contribution is -2.60. The second-order valence-electron chi connectivity index (χ2n) is 8.37. The Morgan fingerprint density at radius 2 is 1.97 bits per heavy atom. The van der Waals surface area contributed by atoms with E-state index in [9.17, 15) is 18.3 Å². The number of alkyl halides is 3. The van der Waals surface area contributed by atoms with Gasteiger partial charge in [-0.2, -0.15) is 13.2 Å². The summed E-state index contributed by atoms with van der Waals surface area (Å²) in [4.78, 5) is 2.50. The number of aromatic nitrogens is 2. The van der Waals surface area contributed by atoms with Gasteiger partial charge < -0.3 is 20.5 Å². The number of hydrogen-bond donors (Lipinski definition) is 3. The highest BCUT2D eigenvalue weighted by molar-refractivity contribution is 5.73. The number of phenolic OH excluding ortho intramolecular Hbond substituents is 1. The minimum Gasteiger partial charge on any atom is -0.507 e. The molecule has 2 aromatic rings. The number of anilines is 1. The van der Waals surface area contributed by atoms with Gasteiger partial charge in [0.25, 0.3) is 0 Å². The van der Waals surface area contributed by atoms with Crippen LogP contribution >= 0.6 is 0 Å². The number of likely N-dealkylation sites (tertiary alicyclic amines) is 1. The van der Waals surface area contributed by atoms with Crippen molar-refractivity contribution in [2.24, 2.45) is 0 Å². The maximum Gasteiger partial charge on any atom is 0.416 e. The minimum atomic E-state index is -4.52. The summed E-state index contributed by atoms with van der Waals surface area (Å²) >= 11 is 0. The average Bonchev–Trinajstić information content (AvgIpc) is 3.17. The lowest BCUT2D eigenvalue weighted by atomic mass is 9.99. The van der Waals surface area contributed by atoms with E-state index in [1.807, 2.05) is 0 Å². The summed E-state index contributed by atoms with van der Waals surface area (Å²) in [6.45, 7) is 4.72. The van der Waals surface area contributed by atoms with Gasteiger partial charge in [-0.3, -0.25) is 4.90 Å². The molecule has 0 amide bonds. The summed E-state index contributed by atoms with van der Waals surface area (Å²) in [5, 5.41) is 25.7. The summed E-state index contributed by atoms with van der Waals surface area (Å²) in [5.41, 5.74) is 1.27. The molecule has 10 heteroatoms. The lowest BCUT2D eigenvalue weighted by Gasteiger charge is -2.43. The van der Waals surface area contributed by atoms with Gasteiger partial charge in [0.2, 0.25) is 0 Å². The Labute approximate surface area is 177 Å². The first kappa shape index (κ1) is 20.5. The molecule has 3 aliphatic heterocycles. The Morgan fingerprint density at radius 1 is 1.16 bits per heavy atom. The van der Waals surface area contributed by atoms with Crippen LogP contribution in [0.2, 0.25) is 0 Å². The molecule has 3 N–H and O–H groups in total. The number of piperidine rings is 1. The number of phenols is 1. The van der Waals surface area contributed by atoms with Crippen molar-refractivity contribution in [3.05, 3.63) is 34.9 Å². The number of nitrogens with zero attached hydrogens (tertiary/aromatic N) is 3. The van der Waals surface area contributed by atoms with E-state index in [-0.39, 0.29) is 18.2 Å². The Morgan fingerprint density at radius 3 is 2.68 bits per heavy atom. The molecule has 0 spiro atoms. The molecule has 0 saturated carbocycles. The van der Waals surface area contributed by atoms with Crippen LogP contribution < -0.4 is 10.6 Å². The number of halogens is 3. The van der Waals surface area contributed by atoms with Gasteiger partial charge in [-0.25, -0.2) is 0 Å². The van der Waals surface area contributed by atoms with Gasteiger partial charge in [0, 0.05) is 48.4 Å². The van der Waals surface area contributed by atoms with Crippen LogP contribution in [0, 0.1) is 0 Å². The standard InChI is InChI=1S/C21H24F3N5O2/c22-21(23,24)12-3-4-15(18(30)6-12)19-16-10-31-11-17(16)20(28-27-19)26-13-2-1-5-29(9-13)14-7-25-8-14/h3-4,6,13-14,25,30H,1-2,5,7-11H2,(H,26,28)/t13-/m1/s1. The third kappa shape index (κ3) is 3.95. The zero-order valence-electron chi connectivity index (χ0n) is 16.9. The Kier molecular flexibility index (Phi) is 5.23. The smallest absolute Gasteiger partial charge is 0.416 e. The number of benzene rings is 1. The van der Waals surface area contributed by atoms with Crippen molar-refractivity contribution in [3.8, 4) is 17.0 Å². The first-order valence-electron chi connectivity index (χ1n) is 10.5. The van der Waals surface area contributed by atoms with Crippen LogP contribution in [0.1, 0.15) is 29.5 Å². The van der Waals surface area contributed by atoms with Crippen molar-refractivity contribution in [2.75, 3.05) is 31.5 Å². The van der Waals surface area contributed by atoms with Gasteiger partial charge in [0.1, 0.15) is 11.4 Å². The molecule has 1 aromatic heterocycles. The van der Waals surface area contributed by atoms with E-state index in [1.165, 1.54) is 6.07 Å². The fourth-order valence-electron chi connectivity index (χ4n) is 4.49. The molecular weight excluding hydrogens is 411 g/mol. The fraction of sp³-hybridized carbons (Fsp3) is 0.524. The molecule has 0 unspecified atom stereocenters. The van der Waals surface area contributed by atoms with Crippen LogP contribution in [-0.4, -0.2) is 58.5 Å². The van der Waals surface area contributed by atoms with Crippen molar-refractivity contribution in [3.63, 3.8) is 0 Å². The second kappa shape index (κ2) is 7.92. The number of hydrogen-bond acceptors (Lipinski definition) is 7. The minimum absolute atomic E-state index is 0.218. The summed E-state index contributed by atoms with van der Waals surface area (Å²) in [7, 11) is 0. The monoisotopic (exact) mass is 435 g/mol. The molecule has 5 rings (SSSR count). The van der Waals surface area contributed by atoms with Crippen molar-refractivity contribution in [1.82, 2.24) is 20.4 Å². The van der Waals surface area contributed by atoms with Crippen LogP contribution in [0.5, 0.6) is 5.75 Å². The van der Waals surface area contributed by atoms with Crippen molar-refractivity contribution < 1.29 is 23.0 Å². The van der Waals surface area contributed by atoms with Crippen molar-refractivity contribution in [2.45, 2.75) is 44.3 Å². The average molecular weight is 435 g/mol. The molecule has 166 valence electrons. The highest BCUT2D eigenvalue weighted by Gasteiger charge is 2.33. The van der Waals surface area contributed by atoms with Gasteiger partial charge in [0.15, 0.2) is 5.82 Å². The first-order valence-corrected chi connectivity index (χ1v) is 10.5. The molecule has 1 atom stereocenters. The van der Waals surface area contributed by atoms with Crippen LogP contribution in [0.15, 0.2) is 18.2 Å². The zero-order chi connectivity index (χ0) is 21.6. The SMILES string of the molecule is Oc1cc(C(F)(F)F)ccc1-c1nnc(N[C@@H]2CCCN(C3CNC3)C2)c2c1COC2. The first-order chi connectivity index (χ1) is 14.9. The van der Waals surface area contributed by atoms with E-state index in [2.05, 4.69) is 25.7 Å². The molecule has 1 aromatic carbocycles. The quantitative estimate of drug-likeness (QED) is 0.681. The Bertz CT molecular complexity index is 980. The molecule has 0 bridgehead atoms. The number of aromatic hydroxyl groups is 1. The summed E-state index contributed by atoms with van der Waals surface area (Å²) < 4.78 is 44.4. The predicted octanol–water partition coefficient (Wildman–Crippen LogP) is 2.75. The van der Waals surface area contributed by atoms with E-state index in [0.717, 1.165) is 62.3 Å². The normalized spacial score (nSPS) is 22.2. The van der Waals surface area contributed by atoms with Crippen LogP contribution in [0.4, 0.5) is 19.0 Å². The van der Waals surface area contributed by atoms with Gasteiger partial charge in [0.05, 0.1) is 18.8 Å². The van der Waals surface area contributed by atoms with E-state index in [0.29, 0.717) is 24.2 Å². The van der Waals surface area contributed by atoms with Crippen molar-refractivity contribution >= 4 is 5.82 Å². The molecule has 3 aliphatic rings. The molecule has 0 aliphatic carbocycles. The molecule has 31 heavy (non-hydrogen) atoms. The maximum absolute atomic E-state index is 12.9. The largest absolute Gasteiger partial charge is 0.507 e. The van der Waals surface area contributed by atoms with E-state index >= 15 is 0 Å². The topological polar surface area (TPSA) is 82.5 Å². The van der Waals surface area contributed by atoms with Gasteiger partial charge >= 0.3 is 6.18 Å². The highest BCUT2D eigenvalue weighted by Crippen LogP contribution is 2.39. The predicted molar refractivity (Wildman–Crippen MR) is 108 cm³/mol. The summed E-state index contributed by atoms with van der Waals surface area (Å²) in [6, 6.07) is 3.74. The van der Waals surface area contributed by atoms with Crippen LogP contribution in [0.3, 0.4) is 0 Å². The third-order valence-electron chi connectivity index (χ3n) is 6.33. The molecule has 7 nitrogen and oxygen atoms in total. The highest BCUT2D eigenvalue weighted by atomic mass is 19.4. The zero-order valence-corrected chi connectivity index (χ0v) is 16.9. The van der Waals surface area contributed by atoms with Gasteiger partial charge in [-0.15, -0.1) is 10.2 Å². The van der Waals surface area contributed by atoms with E-state index < -0.39 is 17.5 Å². The maximum atomic E-state index is 12.9. The summed E-state index contributed by atoms with van der Waals surface area (Å²) in [6.07, 6.45) is -2.38. The molecule has 2 saturated heterocycles. The Hall–Kier alpha value is -2.43. The van der Waals surface area contributed by atoms with Crippen LogP contribution in [-0.2, 0) is 24.1 Å². The number of ether oxygens (including phenoxy) is 1. The van der Waals surface area contributed by atoms with Crippen molar-refractivity contribution in [1.29, 1.82) is 0 Å². The van der Waals surface area contributed by atoms with E-state index in [4.69, 9.17) is 4.74 Å². The lowest BCUT2D eigenvalue weighted by molar-refractivity contribution is -0.137. The second-order valence-corrected chi connectivity index (χ2v) is 8.37. The van der Waals surface area contributed by atoms with Crippen LogP contribution in [0.25, 0.3) is 11.3 Å². The Balaban J connectivity index is 1.40. The van der Waals surface area contributed by atoms with Gasteiger partial charge in [-0.1, -0.05) is 0 Å². The molecule has 4 heterocycles. The summed E-state index contributed by atoms with van der Waals surface area (Å²) in [5.74, 6) is 0.178.